The fourth-order valence-electron chi connectivity index (χ4n) is 1.80. The number of nitrogens with one attached hydrogen (secondary N) is 3. The summed E-state index contributed by atoms with van der Waals surface area (Å²) in [4.78, 5) is 11.5. The molecular formula is C11H23N3O3S. The molecule has 106 valence electrons. The van der Waals surface area contributed by atoms with Crippen molar-refractivity contribution >= 4 is 15.9 Å². The first-order valence-electron chi connectivity index (χ1n) is 6.21. The van der Waals surface area contributed by atoms with E-state index in [1.165, 1.54) is 0 Å². The van der Waals surface area contributed by atoms with E-state index in [-0.39, 0.29) is 29.7 Å². The Kier molecular flexibility index (Phi) is 5.12. The van der Waals surface area contributed by atoms with Gasteiger partial charge in [0.2, 0.25) is 15.9 Å². The smallest absolute Gasteiger partial charge is 0.221 e. The monoisotopic (exact) mass is 277 g/mol. The number of carbonyl (C=O) groups is 1. The largest absolute Gasteiger partial charge is 0.351 e. The molecule has 1 rings (SSSR count). The van der Waals surface area contributed by atoms with E-state index in [1.54, 1.807) is 0 Å². The van der Waals surface area contributed by atoms with Crippen LogP contribution in [0.3, 0.4) is 0 Å². The lowest BCUT2D eigenvalue weighted by Gasteiger charge is -2.20. The van der Waals surface area contributed by atoms with E-state index in [2.05, 4.69) is 15.4 Å². The van der Waals surface area contributed by atoms with Crippen molar-refractivity contribution in [3.8, 4) is 0 Å². The van der Waals surface area contributed by atoms with Gasteiger partial charge in [0.25, 0.3) is 0 Å². The summed E-state index contributed by atoms with van der Waals surface area (Å²) < 4.78 is 26.1. The van der Waals surface area contributed by atoms with Crippen LogP contribution in [0.25, 0.3) is 0 Å². The molecule has 1 fully saturated rings. The zero-order valence-corrected chi connectivity index (χ0v) is 12.1. The number of hydrogen-bond acceptors (Lipinski definition) is 4. The molecule has 1 unspecified atom stereocenters. The third-order valence-electron chi connectivity index (χ3n) is 2.62. The molecule has 0 spiro atoms. The van der Waals surface area contributed by atoms with Gasteiger partial charge < -0.3 is 10.6 Å². The fraction of sp³-hybridized carbons (Fsp3) is 0.909. The lowest BCUT2D eigenvalue weighted by molar-refractivity contribution is -0.122. The quantitative estimate of drug-likeness (QED) is 0.636. The van der Waals surface area contributed by atoms with Crippen molar-refractivity contribution in [1.29, 1.82) is 0 Å². The van der Waals surface area contributed by atoms with E-state index >= 15 is 0 Å². The maximum atomic E-state index is 11.8. The van der Waals surface area contributed by atoms with E-state index in [0.29, 0.717) is 13.0 Å². The summed E-state index contributed by atoms with van der Waals surface area (Å²) in [5.41, 5.74) is -0.286. The summed E-state index contributed by atoms with van der Waals surface area (Å²) in [5.74, 6) is -0.144. The molecule has 7 heteroatoms. The Morgan fingerprint density at radius 2 is 2.06 bits per heavy atom. The van der Waals surface area contributed by atoms with Gasteiger partial charge in [-0.05, 0) is 33.7 Å². The molecule has 1 atom stereocenters. The second kappa shape index (κ2) is 5.99. The Hall–Kier alpha value is -0.660. The molecule has 1 saturated heterocycles. The molecule has 18 heavy (non-hydrogen) atoms. The average molecular weight is 277 g/mol. The van der Waals surface area contributed by atoms with Gasteiger partial charge in [-0.2, -0.15) is 0 Å². The van der Waals surface area contributed by atoms with E-state index in [4.69, 9.17) is 0 Å². The molecule has 1 aliphatic heterocycles. The first-order chi connectivity index (χ1) is 8.21. The molecule has 0 aromatic carbocycles. The van der Waals surface area contributed by atoms with E-state index in [1.807, 2.05) is 20.8 Å². The van der Waals surface area contributed by atoms with Crippen LogP contribution in [0.1, 0.15) is 33.6 Å². The minimum atomic E-state index is -3.29. The van der Waals surface area contributed by atoms with Crippen LogP contribution in [0.2, 0.25) is 0 Å². The number of carbonyl (C=O) groups excluding carboxylic acids is 1. The SMILES string of the molecule is CC(C)(C)NC(=O)CCNS(=O)(=O)C1CCNC1. The van der Waals surface area contributed by atoms with E-state index in [9.17, 15) is 13.2 Å². The van der Waals surface area contributed by atoms with Gasteiger partial charge in [-0.3, -0.25) is 4.79 Å². The zero-order chi connectivity index (χ0) is 13.8. The normalized spacial score (nSPS) is 20.9. The Balaban J connectivity index is 2.31. The fourth-order valence-corrected chi connectivity index (χ4v) is 3.19. The van der Waals surface area contributed by atoms with Crippen molar-refractivity contribution in [3.05, 3.63) is 0 Å². The van der Waals surface area contributed by atoms with Crippen LogP contribution >= 0.6 is 0 Å². The standard InChI is InChI=1S/C11H23N3O3S/c1-11(2,3)14-10(15)5-7-13-18(16,17)9-4-6-12-8-9/h9,12-13H,4-8H2,1-3H3,(H,14,15). The Labute approximate surface area is 109 Å². The van der Waals surface area contributed by atoms with Gasteiger partial charge in [-0.15, -0.1) is 0 Å². The van der Waals surface area contributed by atoms with Crippen molar-refractivity contribution in [2.45, 2.75) is 44.4 Å². The van der Waals surface area contributed by atoms with Crippen LogP contribution in [0, 0.1) is 0 Å². The second-order valence-electron chi connectivity index (χ2n) is 5.60. The average Bonchev–Trinajstić information content (AvgIpc) is 2.66. The van der Waals surface area contributed by atoms with Crippen LogP contribution in [-0.4, -0.2) is 44.7 Å². The van der Waals surface area contributed by atoms with Crippen LogP contribution in [0.5, 0.6) is 0 Å². The maximum absolute atomic E-state index is 11.8. The van der Waals surface area contributed by atoms with Gasteiger partial charge in [0.15, 0.2) is 0 Å². The molecule has 1 amide bonds. The number of sulfonamides is 1. The van der Waals surface area contributed by atoms with Gasteiger partial charge >= 0.3 is 0 Å². The first kappa shape index (κ1) is 15.4. The van der Waals surface area contributed by atoms with Gasteiger partial charge in [0, 0.05) is 25.0 Å². The van der Waals surface area contributed by atoms with Crippen LogP contribution in [0.15, 0.2) is 0 Å². The molecule has 0 aromatic heterocycles. The summed E-state index contributed by atoms with van der Waals surface area (Å²) in [6.07, 6.45) is 0.792. The van der Waals surface area contributed by atoms with Gasteiger partial charge in [0.05, 0.1) is 5.25 Å². The predicted octanol–water partition coefficient (Wildman–Crippen LogP) is -0.427. The van der Waals surface area contributed by atoms with Crippen molar-refractivity contribution in [1.82, 2.24) is 15.4 Å². The van der Waals surface area contributed by atoms with Crippen molar-refractivity contribution in [3.63, 3.8) is 0 Å². The molecule has 0 saturated carbocycles. The summed E-state index contributed by atoms with van der Waals surface area (Å²) in [6.45, 7) is 7.04. The highest BCUT2D eigenvalue weighted by molar-refractivity contribution is 7.90. The third kappa shape index (κ3) is 5.32. The van der Waals surface area contributed by atoms with Gasteiger partial charge in [-0.1, -0.05) is 0 Å². The van der Waals surface area contributed by atoms with Crippen LogP contribution < -0.4 is 15.4 Å². The van der Waals surface area contributed by atoms with Crippen molar-refractivity contribution in [2.75, 3.05) is 19.6 Å². The van der Waals surface area contributed by atoms with Crippen LogP contribution in [0.4, 0.5) is 0 Å². The second-order valence-corrected chi connectivity index (χ2v) is 7.65. The first-order valence-corrected chi connectivity index (χ1v) is 7.75. The highest BCUT2D eigenvalue weighted by atomic mass is 32.2. The molecule has 6 nitrogen and oxygen atoms in total. The summed E-state index contributed by atoms with van der Waals surface area (Å²) in [7, 11) is -3.29. The summed E-state index contributed by atoms with van der Waals surface area (Å²) in [6, 6.07) is 0. The minimum Gasteiger partial charge on any atom is -0.351 e. The highest BCUT2D eigenvalue weighted by Crippen LogP contribution is 2.08. The van der Waals surface area contributed by atoms with Crippen molar-refractivity contribution in [2.24, 2.45) is 0 Å². The van der Waals surface area contributed by atoms with Crippen LogP contribution in [-0.2, 0) is 14.8 Å². The lowest BCUT2D eigenvalue weighted by atomic mass is 10.1. The molecular weight excluding hydrogens is 254 g/mol. The topological polar surface area (TPSA) is 87.3 Å². The minimum absolute atomic E-state index is 0.144. The molecule has 1 aliphatic rings. The molecule has 0 aromatic rings. The molecule has 0 aliphatic carbocycles. The number of amides is 1. The van der Waals surface area contributed by atoms with Crippen molar-refractivity contribution < 1.29 is 13.2 Å². The lowest BCUT2D eigenvalue weighted by Crippen LogP contribution is -2.43. The zero-order valence-electron chi connectivity index (χ0n) is 11.2. The van der Waals surface area contributed by atoms with E-state index < -0.39 is 10.0 Å². The number of rotatable bonds is 5. The molecule has 1 heterocycles. The molecule has 3 N–H and O–H groups in total. The Morgan fingerprint density at radius 1 is 1.39 bits per heavy atom. The Morgan fingerprint density at radius 3 is 2.56 bits per heavy atom. The molecule has 0 radical (unpaired) electrons. The predicted molar refractivity (Wildman–Crippen MR) is 70.7 cm³/mol. The highest BCUT2D eigenvalue weighted by Gasteiger charge is 2.28. The Bertz CT molecular complexity index is 381. The summed E-state index contributed by atoms with van der Waals surface area (Å²) in [5, 5.41) is 5.43. The third-order valence-corrected chi connectivity index (χ3v) is 4.51. The van der Waals surface area contributed by atoms with Gasteiger partial charge in [0.1, 0.15) is 0 Å². The van der Waals surface area contributed by atoms with E-state index in [0.717, 1.165) is 6.54 Å². The summed E-state index contributed by atoms with van der Waals surface area (Å²) >= 11 is 0. The van der Waals surface area contributed by atoms with Gasteiger partial charge in [-0.25, -0.2) is 13.1 Å². The number of hydrogen-bond donors (Lipinski definition) is 3. The molecule has 0 bridgehead atoms. The maximum Gasteiger partial charge on any atom is 0.221 e.